The molecule has 0 N–H and O–H groups in total. The summed E-state index contributed by atoms with van der Waals surface area (Å²) in [6.07, 6.45) is 0. The van der Waals surface area contributed by atoms with Crippen LogP contribution in [0.3, 0.4) is 0 Å². The normalized spacial score (nSPS) is 9.81. The first-order valence-corrected chi connectivity index (χ1v) is 8.83. The van der Waals surface area contributed by atoms with E-state index in [-0.39, 0.29) is 5.91 Å². The van der Waals surface area contributed by atoms with Gasteiger partial charge in [-0.3, -0.25) is 4.79 Å². The highest BCUT2D eigenvalue weighted by Gasteiger charge is 2.11. The Bertz CT molecular complexity index is 923. The largest absolute Gasteiger partial charge is 0.492 e. The minimum Gasteiger partial charge on any atom is -0.492 e. The lowest BCUT2D eigenvalue weighted by atomic mass is 10.1. The molecule has 3 aromatic rings. The van der Waals surface area contributed by atoms with Crippen molar-refractivity contribution in [3.63, 3.8) is 0 Å². The lowest BCUT2D eigenvalue weighted by Crippen LogP contribution is -2.30. The van der Waals surface area contributed by atoms with Gasteiger partial charge in [0.15, 0.2) is 0 Å². The molecular weight excluding hydrogens is 334 g/mol. The molecule has 0 aliphatic rings. The number of carbonyl (C=O) groups is 1. The number of benzene rings is 3. The highest BCUT2D eigenvalue weighted by Crippen LogP contribution is 2.09. The molecular formula is C24H21NO2. The molecule has 3 rings (SSSR count). The van der Waals surface area contributed by atoms with Crippen LogP contribution in [0.25, 0.3) is 0 Å². The first kappa shape index (κ1) is 18.3. The molecule has 0 aliphatic heterocycles. The van der Waals surface area contributed by atoms with E-state index in [1.807, 2.05) is 84.9 Å². The number of rotatable bonds is 5. The van der Waals surface area contributed by atoms with Crippen molar-refractivity contribution in [2.75, 3.05) is 20.2 Å². The summed E-state index contributed by atoms with van der Waals surface area (Å²) < 4.78 is 5.64. The van der Waals surface area contributed by atoms with Gasteiger partial charge in [0.25, 0.3) is 5.91 Å². The molecule has 0 saturated carbocycles. The van der Waals surface area contributed by atoms with Gasteiger partial charge in [-0.1, -0.05) is 48.2 Å². The van der Waals surface area contributed by atoms with Gasteiger partial charge >= 0.3 is 0 Å². The van der Waals surface area contributed by atoms with Gasteiger partial charge in [0, 0.05) is 23.7 Å². The zero-order chi connectivity index (χ0) is 18.9. The maximum Gasteiger partial charge on any atom is 0.253 e. The molecule has 0 spiro atoms. The number of hydrogen-bond donors (Lipinski definition) is 0. The first-order chi connectivity index (χ1) is 13.2. The first-order valence-electron chi connectivity index (χ1n) is 8.83. The Hall–Kier alpha value is -3.51. The van der Waals surface area contributed by atoms with Crippen molar-refractivity contribution in [1.29, 1.82) is 0 Å². The average molecular weight is 355 g/mol. The van der Waals surface area contributed by atoms with Crippen LogP contribution < -0.4 is 4.74 Å². The average Bonchev–Trinajstić information content (AvgIpc) is 2.73. The fourth-order valence-corrected chi connectivity index (χ4v) is 2.50. The van der Waals surface area contributed by atoms with Crippen molar-refractivity contribution in [2.24, 2.45) is 0 Å². The molecule has 0 heterocycles. The predicted octanol–water partition coefficient (Wildman–Crippen LogP) is 4.24. The van der Waals surface area contributed by atoms with Gasteiger partial charge in [0.1, 0.15) is 12.4 Å². The van der Waals surface area contributed by atoms with Gasteiger partial charge in [-0.15, -0.1) is 0 Å². The van der Waals surface area contributed by atoms with Crippen LogP contribution in [0.1, 0.15) is 21.5 Å². The lowest BCUT2D eigenvalue weighted by molar-refractivity contribution is 0.0774. The SMILES string of the molecule is CN(CCOc1ccccc1)C(=O)c1ccc(C#Cc2ccccc2)cc1. The van der Waals surface area contributed by atoms with E-state index >= 15 is 0 Å². The summed E-state index contributed by atoms with van der Waals surface area (Å²) in [5.41, 5.74) is 2.49. The second-order valence-electron chi connectivity index (χ2n) is 6.08. The zero-order valence-corrected chi connectivity index (χ0v) is 15.3. The maximum absolute atomic E-state index is 12.5. The number of carbonyl (C=O) groups excluding carboxylic acids is 1. The van der Waals surface area contributed by atoms with Gasteiger partial charge in [0.05, 0.1) is 6.54 Å². The van der Waals surface area contributed by atoms with Crippen LogP contribution in [0.5, 0.6) is 5.75 Å². The molecule has 0 saturated heterocycles. The van der Waals surface area contributed by atoms with Crippen LogP contribution in [0, 0.1) is 11.8 Å². The Morgan fingerprint density at radius 3 is 2.00 bits per heavy atom. The van der Waals surface area contributed by atoms with Crippen LogP contribution >= 0.6 is 0 Å². The molecule has 0 aliphatic carbocycles. The van der Waals surface area contributed by atoms with E-state index in [4.69, 9.17) is 4.74 Å². The number of para-hydroxylation sites is 1. The summed E-state index contributed by atoms with van der Waals surface area (Å²) in [5, 5.41) is 0. The van der Waals surface area contributed by atoms with Gasteiger partial charge in [-0.25, -0.2) is 0 Å². The molecule has 134 valence electrons. The molecule has 27 heavy (non-hydrogen) atoms. The molecule has 0 fully saturated rings. The van der Waals surface area contributed by atoms with Crippen molar-refractivity contribution in [3.05, 3.63) is 102 Å². The minimum atomic E-state index is -0.0331. The molecule has 0 atom stereocenters. The number of amides is 1. The highest BCUT2D eigenvalue weighted by molar-refractivity contribution is 5.94. The Morgan fingerprint density at radius 2 is 1.37 bits per heavy atom. The number of nitrogens with zero attached hydrogens (tertiary/aromatic N) is 1. The fraction of sp³-hybridized carbons (Fsp3) is 0.125. The lowest BCUT2D eigenvalue weighted by Gasteiger charge is -2.17. The van der Waals surface area contributed by atoms with E-state index in [2.05, 4.69) is 11.8 Å². The Kier molecular flexibility index (Phi) is 6.27. The molecule has 3 heteroatoms. The smallest absolute Gasteiger partial charge is 0.253 e. The molecule has 3 nitrogen and oxygen atoms in total. The Balaban J connectivity index is 1.54. The third-order valence-corrected chi connectivity index (χ3v) is 4.04. The molecule has 3 aromatic carbocycles. The van der Waals surface area contributed by atoms with Crippen LogP contribution in [0.4, 0.5) is 0 Å². The van der Waals surface area contributed by atoms with Crippen molar-refractivity contribution in [2.45, 2.75) is 0 Å². The van der Waals surface area contributed by atoms with Gasteiger partial charge in [-0.2, -0.15) is 0 Å². The highest BCUT2D eigenvalue weighted by atomic mass is 16.5. The van der Waals surface area contributed by atoms with Crippen LogP contribution in [-0.2, 0) is 0 Å². The maximum atomic E-state index is 12.5. The van der Waals surface area contributed by atoms with Gasteiger partial charge in [0.2, 0.25) is 0 Å². The summed E-state index contributed by atoms with van der Waals surface area (Å²) in [5.74, 6) is 7.00. The quantitative estimate of drug-likeness (QED) is 0.641. The third kappa shape index (κ3) is 5.49. The van der Waals surface area contributed by atoms with E-state index < -0.39 is 0 Å². The van der Waals surface area contributed by atoms with E-state index in [1.54, 1.807) is 11.9 Å². The van der Waals surface area contributed by atoms with Crippen LogP contribution in [-0.4, -0.2) is 31.0 Å². The number of hydrogen-bond acceptors (Lipinski definition) is 2. The van der Waals surface area contributed by atoms with Gasteiger partial charge < -0.3 is 9.64 Å². The van der Waals surface area contributed by atoms with Crippen molar-refractivity contribution in [3.8, 4) is 17.6 Å². The zero-order valence-electron chi connectivity index (χ0n) is 15.3. The van der Waals surface area contributed by atoms with E-state index in [9.17, 15) is 4.79 Å². The summed E-state index contributed by atoms with van der Waals surface area (Å²) in [4.78, 5) is 14.2. The summed E-state index contributed by atoms with van der Waals surface area (Å²) in [6, 6.07) is 26.8. The summed E-state index contributed by atoms with van der Waals surface area (Å²) in [7, 11) is 1.78. The van der Waals surface area contributed by atoms with E-state index in [1.165, 1.54) is 0 Å². The standard InChI is InChI=1S/C24H21NO2/c1-25(18-19-27-23-10-6-3-7-11-23)24(26)22-16-14-21(15-17-22)13-12-20-8-4-2-5-9-20/h2-11,14-17H,18-19H2,1H3. The van der Waals surface area contributed by atoms with Crippen LogP contribution in [0.15, 0.2) is 84.9 Å². The Labute approximate surface area is 160 Å². The molecule has 0 radical (unpaired) electrons. The molecule has 1 amide bonds. The van der Waals surface area contributed by atoms with Gasteiger partial charge in [-0.05, 0) is 48.5 Å². The topological polar surface area (TPSA) is 29.5 Å². The third-order valence-electron chi connectivity index (χ3n) is 4.04. The van der Waals surface area contributed by atoms with Crippen LogP contribution in [0.2, 0.25) is 0 Å². The van der Waals surface area contributed by atoms with Crippen molar-refractivity contribution in [1.82, 2.24) is 4.90 Å². The van der Waals surface area contributed by atoms with Crippen molar-refractivity contribution >= 4 is 5.91 Å². The van der Waals surface area contributed by atoms with E-state index in [0.29, 0.717) is 18.7 Å². The molecule has 0 aromatic heterocycles. The summed E-state index contributed by atoms with van der Waals surface area (Å²) in [6.45, 7) is 0.968. The van der Waals surface area contributed by atoms with Crippen molar-refractivity contribution < 1.29 is 9.53 Å². The fourth-order valence-electron chi connectivity index (χ4n) is 2.50. The second kappa shape index (κ2) is 9.26. The minimum absolute atomic E-state index is 0.0331. The predicted molar refractivity (Wildman–Crippen MR) is 108 cm³/mol. The second-order valence-corrected chi connectivity index (χ2v) is 6.08. The Morgan fingerprint density at radius 1 is 0.815 bits per heavy atom. The number of likely N-dealkylation sites (N-methyl/N-ethyl adjacent to an activating group) is 1. The summed E-state index contributed by atoms with van der Waals surface area (Å²) >= 11 is 0. The monoisotopic (exact) mass is 355 g/mol. The van der Waals surface area contributed by atoms with E-state index in [0.717, 1.165) is 16.9 Å². The number of ether oxygens (including phenoxy) is 1. The molecule has 0 unspecified atom stereocenters. The molecule has 0 bridgehead atoms.